The largest absolute Gasteiger partial charge is 0.354 e. The fourth-order valence-corrected chi connectivity index (χ4v) is 5.03. The first kappa shape index (κ1) is 20.7. The standard InChI is InChI=1S/C23H20FN3O3S/c24-18-9-11-20(12-10-18)31(29,30)21(17-6-2-1-3-7-17)15-25-23(28)14-19-16-27-13-5-4-8-22(27)26-19/h1-13,16,21H,14-15H2,(H,25,28). The van der Waals surface area contributed by atoms with Crippen LogP contribution in [0.25, 0.3) is 5.65 Å². The van der Waals surface area contributed by atoms with E-state index in [9.17, 15) is 17.6 Å². The minimum atomic E-state index is -3.86. The van der Waals surface area contributed by atoms with E-state index in [1.54, 1.807) is 36.5 Å². The Morgan fingerprint density at radius 3 is 2.42 bits per heavy atom. The highest BCUT2D eigenvalue weighted by atomic mass is 32.2. The molecule has 4 rings (SSSR count). The van der Waals surface area contributed by atoms with E-state index in [-0.39, 0.29) is 23.8 Å². The van der Waals surface area contributed by atoms with Crippen LogP contribution in [0.3, 0.4) is 0 Å². The van der Waals surface area contributed by atoms with E-state index in [0.717, 1.165) is 17.8 Å². The zero-order valence-electron chi connectivity index (χ0n) is 16.5. The number of aromatic nitrogens is 2. The number of sulfone groups is 1. The van der Waals surface area contributed by atoms with Gasteiger partial charge in [-0.3, -0.25) is 4.79 Å². The van der Waals surface area contributed by atoms with Crippen molar-refractivity contribution in [1.82, 2.24) is 14.7 Å². The second kappa shape index (κ2) is 8.69. The van der Waals surface area contributed by atoms with Crippen molar-refractivity contribution in [2.45, 2.75) is 16.6 Å². The summed E-state index contributed by atoms with van der Waals surface area (Å²) in [4.78, 5) is 16.9. The van der Waals surface area contributed by atoms with E-state index in [1.165, 1.54) is 12.1 Å². The maximum atomic E-state index is 13.3. The average Bonchev–Trinajstić information content (AvgIpc) is 3.17. The van der Waals surface area contributed by atoms with E-state index < -0.39 is 20.9 Å². The zero-order chi connectivity index (χ0) is 21.8. The topological polar surface area (TPSA) is 80.5 Å². The van der Waals surface area contributed by atoms with Crippen molar-refractivity contribution in [2.75, 3.05) is 6.54 Å². The van der Waals surface area contributed by atoms with Gasteiger partial charge in [-0.1, -0.05) is 36.4 Å². The Kier molecular flexibility index (Phi) is 5.81. The number of pyridine rings is 1. The van der Waals surface area contributed by atoms with Gasteiger partial charge in [-0.15, -0.1) is 0 Å². The maximum absolute atomic E-state index is 13.3. The molecule has 1 N–H and O–H groups in total. The van der Waals surface area contributed by atoms with Gasteiger partial charge in [-0.25, -0.2) is 17.8 Å². The molecule has 8 heteroatoms. The third-order valence-electron chi connectivity index (χ3n) is 4.93. The van der Waals surface area contributed by atoms with Crippen molar-refractivity contribution in [3.8, 4) is 0 Å². The van der Waals surface area contributed by atoms with Gasteiger partial charge in [-0.05, 0) is 42.0 Å². The molecular formula is C23H20FN3O3S. The first-order valence-corrected chi connectivity index (χ1v) is 11.2. The Morgan fingerprint density at radius 1 is 1.00 bits per heavy atom. The SMILES string of the molecule is O=C(Cc1cn2ccccc2n1)NCC(c1ccccc1)S(=O)(=O)c1ccc(F)cc1. The number of amides is 1. The molecule has 4 aromatic rings. The van der Waals surface area contributed by atoms with Gasteiger partial charge in [-0.2, -0.15) is 0 Å². The molecule has 31 heavy (non-hydrogen) atoms. The first-order chi connectivity index (χ1) is 14.9. The average molecular weight is 437 g/mol. The first-order valence-electron chi connectivity index (χ1n) is 9.67. The number of hydrogen-bond donors (Lipinski definition) is 1. The number of halogens is 1. The molecule has 0 saturated carbocycles. The smallest absolute Gasteiger partial charge is 0.226 e. The molecule has 0 aliphatic carbocycles. The van der Waals surface area contributed by atoms with Crippen molar-refractivity contribution >= 4 is 21.4 Å². The van der Waals surface area contributed by atoms with Gasteiger partial charge in [0.1, 0.15) is 16.7 Å². The predicted octanol–water partition coefficient (Wildman–Crippen LogP) is 3.35. The van der Waals surface area contributed by atoms with Gasteiger partial charge in [0.15, 0.2) is 9.84 Å². The lowest BCUT2D eigenvalue weighted by molar-refractivity contribution is -0.120. The normalized spacial score (nSPS) is 12.5. The van der Waals surface area contributed by atoms with E-state index in [1.807, 2.05) is 28.8 Å². The molecule has 0 radical (unpaired) electrons. The number of nitrogens with zero attached hydrogens (tertiary/aromatic N) is 2. The van der Waals surface area contributed by atoms with Crippen LogP contribution in [0.5, 0.6) is 0 Å². The Bertz CT molecular complexity index is 1270. The fraction of sp³-hybridized carbons (Fsp3) is 0.130. The van der Waals surface area contributed by atoms with Gasteiger partial charge >= 0.3 is 0 Å². The summed E-state index contributed by atoms with van der Waals surface area (Å²) in [6.45, 7) is -0.115. The molecule has 0 aliphatic heterocycles. The van der Waals surface area contributed by atoms with Crippen molar-refractivity contribution in [3.05, 3.63) is 102 Å². The Morgan fingerprint density at radius 2 is 1.71 bits per heavy atom. The molecule has 0 fully saturated rings. The maximum Gasteiger partial charge on any atom is 0.226 e. The second-order valence-corrected chi connectivity index (χ2v) is 9.21. The van der Waals surface area contributed by atoms with Crippen LogP contribution < -0.4 is 5.32 Å². The highest BCUT2D eigenvalue weighted by Crippen LogP contribution is 2.28. The van der Waals surface area contributed by atoms with Crippen molar-refractivity contribution in [3.63, 3.8) is 0 Å². The highest BCUT2D eigenvalue weighted by molar-refractivity contribution is 7.91. The quantitative estimate of drug-likeness (QED) is 0.450. The monoisotopic (exact) mass is 437 g/mol. The minimum absolute atomic E-state index is 0.00245. The Labute approximate surface area is 179 Å². The van der Waals surface area contributed by atoms with Crippen LogP contribution in [-0.2, 0) is 21.1 Å². The van der Waals surface area contributed by atoms with E-state index >= 15 is 0 Å². The molecule has 1 unspecified atom stereocenters. The van der Waals surface area contributed by atoms with Crippen molar-refractivity contribution in [1.29, 1.82) is 0 Å². The van der Waals surface area contributed by atoms with Crippen LogP contribution in [-0.4, -0.2) is 30.3 Å². The number of carbonyl (C=O) groups excluding carboxylic acids is 1. The lowest BCUT2D eigenvalue weighted by atomic mass is 10.1. The molecule has 0 aliphatic rings. The molecule has 1 atom stereocenters. The van der Waals surface area contributed by atoms with Crippen LogP contribution in [0.1, 0.15) is 16.5 Å². The molecule has 2 aromatic carbocycles. The summed E-state index contributed by atoms with van der Waals surface area (Å²) < 4.78 is 41.6. The number of benzene rings is 2. The fourth-order valence-electron chi connectivity index (χ4n) is 3.37. The van der Waals surface area contributed by atoms with Crippen molar-refractivity contribution in [2.24, 2.45) is 0 Å². The van der Waals surface area contributed by atoms with Gasteiger partial charge < -0.3 is 9.72 Å². The summed E-state index contributed by atoms with van der Waals surface area (Å²) in [6, 6.07) is 18.9. The van der Waals surface area contributed by atoms with Gasteiger partial charge in [0.25, 0.3) is 0 Å². The van der Waals surface area contributed by atoms with Crippen LogP contribution in [0.15, 0.2) is 90.1 Å². The molecule has 0 bridgehead atoms. The summed E-state index contributed by atoms with van der Waals surface area (Å²) >= 11 is 0. The molecule has 2 aromatic heterocycles. The number of fused-ring (bicyclic) bond motifs is 1. The summed E-state index contributed by atoms with van der Waals surface area (Å²) in [5.74, 6) is -0.852. The number of rotatable bonds is 7. The summed E-state index contributed by atoms with van der Waals surface area (Å²) in [6.07, 6.45) is 3.63. The second-order valence-electron chi connectivity index (χ2n) is 7.08. The minimum Gasteiger partial charge on any atom is -0.354 e. The molecule has 158 valence electrons. The molecule has 1 amide bonds. The third kappa shape index (κ3) is 4.64. The van der Waals surface area contributed by atoms with Crippen LogP contribution in [0.2, 0.25) is 0 Å². The number of hydrogen-bond acceptors (Lipinski definition) is 4. The molecule has 2 heterocycles. The zero-order valence-corrected chi connectivity index (χ0v) is 17.3. The van der Waals surface area contributed by atoms with Gasteiger partial charge in [0.05, 0.1) is 17.0 Å². The number of imidazole rings is 1. The third-order valence-corrected chi connectivity index (χ3v) is 7.05. The van der Waals surface area contributed by atoms with E-state index in [0.29, 0.717) is 11.3 Å². The molecule has 6 nitrogen and oxygen atoms in total. The van der Waals surface area contributed by atoms with E-state index in [4.69, 9.17) is 0 Å². The lowest BCUT2D eigenvalue weighted by Crippen LogP contribution is -2.33. The van der Waals surface area contributed by atoms with E-state index in [2.05, 4.69) is 10.3 Å². The summed E-state index contributed by atoms with van der Waals surface area (Å²) in [5, 5.41) is 1.71. The Balaban J connectivity index is 1.53. The van der Waals surface area contributed by atoms with Crippen LogP contribution >= 0.6 is 0 Å². The summed E-state index contributed by atoms with van der Waals surface area (Å²) in [5.41, 5.74) is 1.85. The highest BCUT2D eigenvalue weighted by Gasteiger charge is 2.29. The molecule has 0 saturated heterocycles. The number of carbonyl (C=O) groups is 1. The predicted molar refractivity (Wildman–Crippen MR) is 115 cm³/mol. The van der Waals surface area contributed by atoms with Crippen LogP contribution in [0.4, 0.5) is 4.39 Å². The molecule has 0 spiro atoms. The van der Waals surface area contributed by atoms with Gasteiger partial charge in [0.2, 0.25) is 5.91 Å². The Hall–Kier alpha value is -3.52. The van der Waals surface area contributed by atoms with Gasteiger partial charge in [0, 0.05) is 18.9 Å². The summed E-state index contributed by atoms with van der Waals surface area (Å²) in [7, 11) is -3.86. The van der Waals surface area contributed by atoms with Crippen molar-refractivity contribution < 1.29 is 17.6 Å². The molecular weight excluding hydrogens is 417 g/mol. The van der Waals surface area contributed by atoms with Crippen LogP contribution in [0, 0.1) is 5.82 Å². The lowest BCUT2D eigenvalue weighted by Gasteiger charge is -2.19. The number of nitrogens with one attached hydrogen (secondary N) is 1.